The van der Waals surface area contributed by atoms with Crippen LogP contribution in [-0.2, 0) is 6.54 Å². The number of hydrogen-bond donors (Lipinski definition) is 1. The molecule has 0 aliphatic rings. The van der Waals surface area contributed by atoms with E-state index < -0.39 is 5.97 Å². The van der Waals surface area contributed by atoms with Crippen LogP contribution in [0.2, 0.25) is 0 Å². The number of fused-ring (bicyclic) bond motifs is 1. The van der Waals surface area contributed by atoms with Crippen LogP contribution in [-0.4, -0.2) is 15.6 Å². The van der Waals surface area contributed by atoms with E-state index in [-0.39, 0.29) is 5.56 Å². The van der Waals surface area contributed by atoms with Gasteiger partial charge in [-0.05, 0) is 42.3 Å². The van der Waals surface area contributed by atoms with Crippen LogP contribution < -0.4 is 0 Å². The third kappa shape index (κ3) is 3.87. The monoisotopic (exact) mass is 392 g/mol. The van der Waals surface area contributed by atoms with E-state index in [0.717, 1.165) is 23.0 Å². The Morgan fingerprint density at radius 1 is 1.03 bits per heavy atom. The maximum atomic E-state index is 11.1. The van der Waals surface area contributed by atoms with Crippen molar-refractivity contribution in [2.45, 2.75) is 13.5 Å². The third-order valence-corrected chi connectivity index (χ3v) is 5.12. The van der Waals surface area contributed by atoms with E-state index in [2.05, 4.69) is 60.2 Å². The van der Waals surface area contributed by atoms with Gasteiger partial charge in [0.1, 0.15) is 0 Å². The number of nitriles is 1. The predicted octanol–water partition coefficient (Wildman–Crippen LogP) is 5.76. The van der Waals surface area contributed by atoms with Crippen molar-refractivity contribution in [3.8, 4) is 6.07 Å². The van der Waals surface area contributed by atoms with Crippen molar-refractivity contribution in [2.75, 3.05) is 0 Å². The molecule has 4 heteroatoms. The number of aromatic carboxylic acids is 1. The molecule has 146 valence electrons. The van der Waals surface area contributed by atoms with Gasteiger partial charge in [0.2, 0.25) is 0 Å². The second-order valence-electron chi connectivity index (χ2n) is 7.27. The fourth-order valence-electron chi connectivity index (χ4n) is 3.66. The number of aromatic nitrogens is 1. The Hall–Kier alpha value is -4.10. The number of carbonyl (C=O) groups is 1. The summed E-state index contributed by atoms with van der Waals surface area (Å²) in [6.45, 7) is 2.82. The fourth-order valence-corrected chi connectivity index (χ4v) is 3.66. The number of carboxylic acid groups (broad SMARTS) is 1. The first-order chi connectivity index (χ1) is 14.5. The van der Waals surface area contributed by atoms with E-state index in [9.17, 15) is 10.1 Å². The molecule has 0 radical (unpaired) electrons. The van der Waals surface area contributed by atoms with Gasteiger partial charge in [0.05, 0.1) is 17.2 Å². The molecule has 1 heterocycles. The Morgan fingerprint density at radius 2 is 1.77 bits per heavy atom. The summed E-state index contributed by atoms with van der Waals surface area (Å²) in [7, 11) is 0. The minimum absolute atomic E-state index is 0.200. The molecule has 0 spiro atoms. The summed E-state index contributed by atoms with van der Waals surface area (Å²) in [6, 6.07) is 25.2. The molecule has 0 atom stereocenters. The lowest BCUT2D eigenvalue weighted by molar-refractivity contribution is 0.0697. The lowest BCUT2D eigenvalue weighted by atomic mass is 10.0. The van der Waals surface area contributed by atoms with Crippen molar-refractivity contribution in [3.05, 3.63) is 107 Å². The summed E-state index contributed by atoms with van der Waals surface area (Å²) in [4.78, 5) is 11.1. The fraction of sp³-hybridized carbons (Fsp3) is 0.0769. The molecule has 1 aromatic heterocycles. The number of benzene rings is 3. The molecular formula is C26H20N2O2. The van der Waals surface area contributed by atoms with Crippen molar-refractivity contribution >= 4 is 28.5 Å². The zero-order valence-electron chi connectivity index (χ0n) is 16.5. The first-order valence-corrected chi connectivity index (χ1v) is 9.64. The van der Waals surface area contributed by atoms with Gasteiger partial charge < -0.3 is 9.67 Å². The number of carboxylic acids is 1. The molecule has 4 aromatic rings. The molecule has 0 bridgehead atoms. The van der Waals surface area contributed by atoms with Gasteiger partial charge in [0.15, 0.2) is 0 Å². The van der Waals surface area contributed by atoms with Crippen LogP contribution in [0.4, 0.5) is 0 Å². The third-order valence-electron chi connectivity index (χ3n) is 5.12. The zero-order valence-corrected chi connectivity index (χ0v) is 16.5. The highest BCUT2D eigenvalue weighted by atomic mass is 16.4. The van der Waals surface area contributed by atoms with Crippen molar-refractivity contribution < 1.29 is 9.90 Å². The maximum absolute atomic E-state index is 11.1. The smallest absolute Gasteiger partial charge is 0.335 e. The molecule has 4 nitrogen and oxygen atoms in total. The van der Waals surface area contributed by atoms with Gasteiger partial charge in [0.25, 0.3) is 0 Å². The van der Waals surface area contributed by atoms with E-state index >= 15 is 0 Å². The van der Waals surface area contributed by atoms with Crippen LogP contribution in [0.25, 0.3) is 22.6 Å². The minimum Gasteiger partial charge on any atom is -0.478 e. The van der Waals surface area contributed by atoms with Gasteiger partial charge in [0, 0.05) is 29.2 Å². The average molecular weight is 392 g/mol. The first-order valence-electron chi connectivity index (χ1n) is 9.64. The quantitative estimate of drug-likeness (QED) is 0.439. The average Bonchev–Trinajstić information content (AvgIpc) is 3.09. The van der Waals surface area contributed by atoms with Crippen LogP contribution in [0.5, 0.6) is 0 Å². The summed E-state index contributed by atoms with van der Waals surface area (Å²) in [5.74, 6) is -0.983. The normalized spacial score (nSPS) is 11.4. The molecule has 0 amide bonds. The molecule has 0 unspecified atom stereocenters. The van der Waals surface area contributed by atoms with Gasteiger partial charge in [-0.2, -0.15) is 5.26 Å². The van der Waals surface area contributed by atoms with E-state index in [0.29, 0.717) is 11.1 Å². The van der Waals surface area contributed by atoms with E-state index in [1.165, 1.54) is 23.3 Å². The number of hydrogen-bond acceptors (Lipinski definition) is 2. The van der Waals surface area contributed by atoms with E-state index in [1.54, 1.807) is 12.1 Å². The van der Waals surface area contributed by atoms with Crippen molar-refractivity contribution in [2.24, 2.45) is 0 Å². The molecule has 3 aromatic carbocycles. The largest absolute Gasteiger partial charge is 0.478 e. The molecular weight excluding hydrogens is 372 g/mol. The number of aryl methyl sites for hydroxylation is 1. The van der Waals surface area contributed by atoms with Gasteiger partial charge >= 0.3 is 5.97 Å². The molecule has 0 aliphatic carbocycles. The lowest BCUT2D eigenvalue weighted by Gasteiger charge is -2.06. The summed E-state index contributed by atoms with van der Waals surface area (Å²) < 4.78 is 2.19. The molecule has 0 saturated carbocycles. The second kappa shape index (κ2) is 8.10. The second-order valence-corrected chi connectivity index (χ2v) is 7.27. The molecule has 1 N–H and O–H groups in total. The summed E-state index contributed by atoms with van der Waals surface area (Å²) >= 11 is 0. The minimum atomic E-state index is -0.983. The highest BCUT2D eigenvalue weighted by molar-refractivity contribution is 5.98. The van der Waals surface area contributed by atoms with Crippen molar-refractivity contribution in [1.29, 1.82) is 5.26 Å². The van der Waals surface area contributed by atoms with Gasteiger partial charge in [-0.3, -0.25) is 0 Å². The summed E-state index contributed by atoms with van der Waals surface area (Å²) in [5.41, 5.74) is 5.88. The Kier molecular flexibility index (Phi) is 5.19. The molecule has 0 aliphatic heterocycles. The number of allylic oxidation sites excluding steroid dienone is 1. The Labute approximate surface area is 174 Å². The van der Waals surface area contributed by atoms with Crippen LogP contribution in [0.1, 0.15) is 32.6 Å². The van der Waals surface area contributed by atoms with Crippen molar-refractivity contribution in [3.63, 3.8) is 0 Å². The highest BCUT2D eigenvalue weighted by Crippen LogP contribution is 2.27. The molecule has 0 fully saturated rings. The van der Waals surface area contributed by atoms with Crippen LogP contribution in [0.15, 0.2) is 79.0 Å². The number of rotatable bonds is 5. The van der Waals surface area contributed by atoms with Crippen LogP contribution in [0, 0.1) is 18.3 Å². The standard InChI is InChI=1S/C26H20N2O2/c1-18-5-4-6-19(13-18)16-28-17-23(24-7-2-3-8-25(24)28)14-22(15-27)20-9-11-21(12-10-20)26(29)30/h2-14,17H,16H2,1H3,(H,29,30)/b22-14-. The number of para-hydroxylation sites is 1. The van der Waals surface area contributed by atoms with Crippen molar-refractivity contribution in [1.82, 2.24) is 4.57 Å². The Balaban J connectivity index is 1.76. The Bertz CT molecular complexity index is 1310. The van der Waals surface area contributed by atoms with Gasteiger partial charge in [-0.15, -0.1) is 0 Å². The van der Waals surface area contributed by atoms with Crippen LogP contribution in [0.3, 0.4) is 0 Å². The number of nitrogens with zero attached hydrogens (tertiary/aromatic N) is 2. The Morgan fingerprint density at radius 3 is 2.47 bits per heavy atom. The molecule has 30 heavy (non-hydrogen) atoms. The zero-order chi connectivity index (χ0) is 21.1. The molecule has 0 saturated heterocycles. The maximum Gasteiger partial charge on any atom is 0.335 e. The first kappa shape index (κ1) is 19.2. The molecule has 4 rings (SSSR count). The lowest BCUT2D eigenvalue weighted by Crippen LogP contribution is -1.97. The predicted molar refractivity (Wildman–Crippen MR) is 119 cm³/mol. The summed E-state index contributed by atoms with van der Waals surface area (Å²) in [5, 5.41) is 19.9. The SMILES string of the molecule is Cc1cccc(Cn2cc(/C=C(/C#N)c3ccc(C(=O)O)cc3)c3ccccc32)c1. The topological polar surface area (TPSA) is 66.0 Å². The van der Waals surface area contributed by atoms with Crippen LogP contribution >= 0.6 is 0 Å². The van der Waals surface area contributed by atoms with Gasteiger partial charge in [-0.25, -0.2) is 4.79 Å². The summed E-state index contributed by atoms with van der Waals surface area (Å²) in [6.07, 6.45) is 3.93. The van der Waals surface area contributed by atoms with Gasteiger partial charge in [-0.1, -0.05) is 60.2 Å². The van der Waals surface area contributed by atoms with E-state index in [1.807, 2.05) is 18.2 Å². The van der Waals surface area contributed by atoms with E-state index in [4.69, 9.17) is 5.11 Å². The highest BCUT2D eigenvalue weighted by Gasteiger charge is 2.10.